The molecule has 146 valence electrons. The van der Waals surface area contributed by atoms with Gasteiger partial charge in [-0.05, 0) is 42.3 Å². The Bertz CT molecular complexity index is 916. The second-order valence-corrected chi connectivity index (χ2v) is 7.37. The van der Waals surface area contributed by atoms with Crippen LogP contribution in [0.15, 0.2) is 66.7 Å². The van der Waals surface area contributed by atoms with Gasteiger partial charge in [-0.3, -0.25) is 0 Å². The van der Waals surface area contributed by atoms with Gasteiger partial charge in [0.15, 0.2) is 11.5 Å². The number of ether oxygens (including phenoxy) is 2. The molecule has 0 bridgehead atoms. The van der Waals surface area contributed by atoms with Crippen LogP contribution in [0.4, 0.5) is 0 Å². The normalized spacial score (nSPS) is 11.9. The van der Waals surface area contributed by atoms with Crippen LogP contribution in [-0.2, 0) is 13.2 Å². The number of nitrogens with one attached hydrogen (secondary N) is 1. The zero-order valence-corrected chi connectivity index (χ0v) is 17.4. The van der Waals surface area contributed by atoms with Gasteiger partial charge in [0.05, 0.1) is 7.11 Å². The van der Waals surface area contributed by atoms with E-state index in [0.29, 0.717) is 28.2 Å². The van der Waals surface area contributed by atoms with Crippen molar-refractivity contribution in [1.82, 2.24) is 5.32 Å². The van der Waals surface area contributed by atoms with E-state index in [4.69, 9.17) is 32.7 Å². The molecule has 5 heteroatoms. The summed E-state index contributed by atoms with van der Waals surface area (Å²) in [6, 6.07) is 21.9. The van der Waals surface area contributed by atoms with Crippen LogP contribution in [0.3, 0.4) is 0 Å². The first-order chi connectivity index (χ1) is 13.6. The van der Waals surface area contributed by atoms with Gasteiger partial charge in [-0.15, -0.1) is 0 Å². The fraction of sp³-hybridized carbons (Fsp3) is 0.217. The molecule has 0 spiro atoms. The van der Waals surface area contributed by atoms with Crippen LogP contribution >= 0.6 is 23.2 Å². The minimum Gasteiger partial charge on any atom is -0.493 e. The summed E-state index contributed by atoms with van der Waals surface area (Å²) in [4.78, 5) is 0. The fourth-order valence-corrected chi connectivity index (χ4v) is 3.33. The molecule has 0 aliphatic heterocycles. The predicted octanol–water partition coefficient (Wildman–Crippen LogP) is 6.43. The molecule has 0 heterocycles. The Morgan fingerprint density at radius 3 is 2.43 bits per heavy atom. The van der Waals surface area contributed by atoms with E-state index < -0.39 is 0 Å². The van der Waals surface area contributed by atoms with Crippen LogP contribution in [0, 0.1) is 0 Å². The first kappa shape index (κ1) is 20.5. The maximum absolute atomic E-state index is 6.21. The smallest absolute Gasteiger partial charge is 0.161 e. The Kier molecular flexibility index (Phi) is 7.21. The summed E-state index contributed by atoms with van der Waals surface area (Å²) < 4.78 is 11.4. The zero-order chi connectivity index (χ0) is 19.9. The van der Waals surface area contributed by atoms with Crippen LogP contribution in [0.1, 0.15) is 29.7 Å². The number of hydrogen-bond donors (Lipinski definition) is 1. The highest BCUT2D eigenvalue weighted by atomic mass is 35.5. The van der Waals surface area contributed by atoms with Gasteiger partial charge in [-0.2, -0.15) is 0 Å². The van der Waals surface area contributed by atoms with E-state index in [1.165, 1.54) is 5.56 Å². The van der Waals surface area contributed by atoms with Crippen molar-refractivity contribution in [2.45, 2.75) is 26.1 Å². The van der Waals surface area contributed by atoms with Crippen molar-refractivity contribution in [3.63, 3.8) is 0 Å². The van der Waals surface area contributed by atoms with Crippen LogP contribution < -0.4 is 14.8 Å². The van der Waals surface area contributed by atoms with Gasteiger partial charge in [0, 0.05) is 28.2 Å². The largest absolute Gasteiger partial charge is 0.493 e. The first-order valence-electron chi connectivity index (χ1n) is 9.09. The highest BCUT2D eigenvalue weighted by Gasteiger charge is 2.10. The van der Waals surface area contributed by atoms with Crippen molar-refractivity contribution < 1.29 is 9.47 Å². The molecule has 1 atom stereocenters. The molecule has 0 saturated carbocycles. The van der Waals surface area contributed by atoms with E-state index in [2.05, 4.69) is 36.5 Å². The molecule has 0 saturated heterocycles. The third-order valence-corrected chi connectivity index (χ3v) is 5.13. The molecule has 0 radical (unpaired) electrons. The quantitative estimate of drug-likeness (QED) is 0.459. The van der Waals surface area contributed by atoms with Gasteiger partial charge >= 0.3 is 0 Å². The third kappa shape index (κ3) is 5.41. The number of halogens is 2. The molecular formula is C23H23Cl2NO2. The lowest BCUT2D eigenvalue weighted by molar-refractivity contribution is 0.284. The summed E-state index contributed by atoms with van der Waals surface area (Å²) in [6.45, 7) is 3.23. The zero-order valence-electron chi connectivity index (χ0n) is 15.9. The van der Waals surface area contributed by atoms with E-state index in [-0.39, 0.29) is 6.04 Å². The van der Waals surface area contributed by atoms with Gasteiger partial charge in [-0.25, -0.2) is 0 Å². The lowest BCUT2D eigenvalue weighted by Crippen LogP contribution is -2.18. The van der Waals surface area contributed by atoms with Crippen molar-refractivity contribution in [3.05, 3.63) is 93.5 Å². The molecule has 0 aliphatic rings. The predicted molar refractivity (Wildman–Crippen MR) is 115 cm³/mol. The molecule has 28 heavy (non-hydrogen) atoms. The van der Waals surface area contributed by atoms with Gasteiger partial charge < -0.3 is 14.8 Å². The third-order valence-electron chi connectivity index (χ3n) is 4.54. The van der Waals surface area contributed by atoms with Crippen LogP contribution in [0.5, 0.6) is 11.5 Å². The molecule has 3 rings (SSSR count). The summed E-state index contributed by atoms with van der Waals surface area (Å²) in [7, 11) is 1.64. The van der Waals surface area contributed by atoms with Gasteiger partial charge in [0.25, 0.3) is 0 Å². The molecule has 0 aromatic heterocycles. The van der Waals surface area contributed by atoms with Gasteiger partial charge in [0.1, 0.15) is 6.61 Å². The summed E-state index contributed by atoms with van der Waals surface area (Å²) in [5.41, 5.74) is 3.25. The SMILES string of the molecule is COc1cc(CNC(C)c2ccccc2)ccc1OCc1ccc(Cl)cc1Cl. The Labute approximate surface area is 176 Å². The number of rotatable bonds is 8. The fourth-order valence-electron chi connectivity index (χ4n) is 2.87. The first-order valence-corrected chi connectivity index (χ1v) is 9.84. The van der Waals surface area contributed by atoms with Crippen molar-refractivity contribution in [2.75, 3.05) is 7.11 Å². The van der Waals surface area contributed by atoms with Crippen molar-refractivity contribution in [1.29, 1.82) is 0 Å². The van der Waals surface area contributed by atoms with E-state index in [1.54, 1.807) is 19.2 Å². The Balaban J connectivity index is 1.63. The highest BCUT2D eigenvalue weighted by molar-refractivity contribution is 6.35. The molecular weight excluding hydrogens is 393 g/mol. The van der Waals surface area contributed by atoms with E-state index in [1.807, 2.05) is 30.3 Å². The van der Waals surface area contributed by atoms with Crippen molar-refractivity contribution in [3.8, 4) is 11.5 Å². The molecule has 3 aromatic rings. The highest BCUT2D eigenvalue weighted by Crippen LogP contribution is 2.30. The summed E-state index contributed by atoms with van der Waals surface area (Å²) >= 11 is 12.2. The van der Waals surface area contributed by atoms with Crippen molar-refractivity contribution in [2.24, 2.45) is 0 Å². The molecule has 1 unspecified atom stereocenters. The number of hydrogen-bond acceptors (Lipinski definition) is 3. The molecule has 3 aromatic carbocycles. The average molecular weight is 416 g/mol. The van der Waals surface area contributed by atoms with Crippen LogP contribution in [-0.4, -0.2) is 7.11 Å². The molecule has 0 amide bonds. The summed E-state index contributed by atoms with van der Waals surface area (Å²) in [6.07, 6.45) is 0. The Morgan fingerprint density at radius 2 is 1.71 bits per heavy atom. The maximum Gasteiger partial charge on any atom is 0.161 e. The summed E-state index contributed by atoms with van der Waals surface area (Å²) in [5, 5.41) is 4.72. The van der Waals surface area contributed by atoms with Crippen LogP contribution in [0.25, 0.3) is 0 Å². The monoisotopic (exact) mass is 415 g/mol. The van der Waals surface area contributed by atoms with Gasteiger partial charge in [0.2, 0.25) is 0 Å². The molecule has 0 aliphatic carbocycles. The number of benzene rings is 3. The lowest BCUT2D eigenvalue weighted by Gasteiger charge is -2.16. The van der Waals surface area contributed by atoms with Crippen molar-refractivity contribution >= 4 is 23.2 Å². The van der Waals surface area contributed by atoms with Gasteiger partial charge in [-0.1, -0.05) is 65.7 Å². The minimum absolute atomic E-state index is 0.259. The van der Waals surface area contributed by atoms with E-state index >= 15 is 0 Å². The Hall–Kier alpha value is -2.20. The van der Waals surface area contributed by atoms with E-state index in [0.717, 1.165) is 17.7 Å². The summed E-state index contributed by atoms with van der Waals surface area (Å²) in [5.74, 6) is 1.37. The Morgan fingerprint density at radius 1 is 0.929 bits per heavy atom. The topological polar surface area (TPSA) is 30.5 Å². The maximum atomic E-state index is 6.21. The minimum atomic E-state index is 0.259. The molecule has 1 N–H and O–H groups in total. The average Bonchev–Trinajstić information content (AvgIpc) is 2.72. The lowest BCUT2D eigenvalue weighted by atomic mass is 10.1. The second kappa shape index (κ2) is 9.83. The number of methoxy groups -OCH3 is 1. The van der Waals surface area contributed by atoms with E-state index in [9.17, 15) is 0 Å². The molecule has 3 nitrogen and oxygen atoms in total. The van der Waals surface area contributed by atoms with Crippen LogP contribution in [0.2, 0.25) is 10.0 Å². The standard InChI is InChI=1S/C23H23Cl2NO2/c1-16(18-6-4-3-5-7-18)26-14-17-8-11-22(23(12-17)27-2)28-15-19-9-10-20(24)13-21(19)25/h3-13,16,26H,14-15H2,1-2H3. The second-order valence-electron chi connectivity index (χ2n) is 6.52. The molecule has 0 fully saturated rings.